The maximum Gasteiger partial charge on any atom is 0.231 e. The van der Waals surface area contributed by atoms with Crippen molar-refractivity contribution < 1.29 is 13.2 Å². The minimum Gasteiger partial charge on any atom is -0.324 e. The predicted octanol–water partition coefficient (Wildman–Crippen LogP) is 2.63. The average Bonchev–Trinajstić information content (AvgIpc) is 2.74. The Bertz CT molecular complexity index is 648. The Morgan fingerprint density at radius 2 is 1.89 bits per heavy atom. The van der Waals surface area contributed by atoms with Gasteiger partial charge >= 0.3 is 0 Å². The minimum atomic E-state index is -3.46. The molecule has 1 amide bonds. The molecule has 1 aliphatic heterocycles. The lowest BCUT2D eigenvalue weighted by atomic mass is 9.87. The van der Waals surface area contributed by atoms with Crippen LogP contribution in [0.15, 0.2) is 23.1 Å². The summed E-state index contributed by atoms with van der Waals surface area (Å²) in [5.74, 6) is -0.282. The summed E-state index contributed by atoms with van der Waals surface area (Å²) in [7, 11) is -3.46. The number of carbonyl (C=O) groups is 1. The first-order valence-electron chi connectivity index (χ1n) is 6.27. The van der Waals surface area contributed by atoms with Crippen LogP contribution in [0.1, 0.15) is 25.7 Å². The van der Waals surface area contributed by atoms with Crippen LogP contribution < -0.4 is 5.32 Å². The van der Waals surface area contributed by atoms with Crippen molar-refractivity contribution in [3.05, 3.63) is 23.2 Å². The second-order valence-corrected chi connectivity index (χ2v) is 7.74. The van der Waals surface area contributed by atoms with Gasteiger partial charge < -0.3 is 5.32 Å². The Hall–Kier alpha value is -1.07. The van der Waals surface area contributed by atoms with E-state index in [4.69, 9.17) is 11.6 Å². The number of rotatable bonds is 0. The van der Waals surface area contributed by atoms with Crippen LogP contribution in [0, 0.1) is 5.41 Å². The summed E-state index contributed by atoms with van der Waals surface area (Å²) in [5, 5.41) is 3.16. The van der Waals surface area contributed by atoms with E-state index in [-0.39, 0.29) is 16.6 Å². The van der Waals surface area contributed by atoms with Gasteiger partial charge in [0, 0.05) is 5.02 Å². The maximum atomic E-state index is 12.5. The van der Waals surface area contributed by atoms with Gasteiger partial charge in [-0.15, -0.1) is 0 Å². The molecule has 0 aromatic heterocycles. The number of anilines is 1. The Morgan fingerprint density at radius 3 is 2.58 bits per heavy atom. The van der Waals surface area contributed by atoms with Crippen molar-refractivity contribution in [2.75, 3.05) is 11.1 Å². The van der Waals surface area contributed by atoms with Crippen molar-refractivity contribution in [3.63, 3.8) is 0 Å². The first-order chi connectivity index (χ1) is 8.93. The largest absolute Gasteiger partial charge is 0.324 e. The zero-order chi connectivity index (χ0) is 13.7. The summed E-state index contributed by atoms with van der Waals surface area (Å²) in [6.45, 7) is 0. The van der Waals surface area contributed by atoms with Crippen molar-refractivity contribution in [3.8, 4) is 0 Å². The summed E-state index contributed by atoms with van der Waals surface area (Å²) in [6, 6.07) is 4.51. The number of halogens is 1. The number of sulfone groups is 1. The highest BCUT2D eigenvalue weighted by atomic mass is 35.5. The monoisotopic (exact) mass is 299 g/mol. The standard InChI is InChI=1S/C13H14ClNO3S/c14-9-3-4-11-10(7-9)15-12(16)13(5-1-2-6-13)8-19(11,17)18/h3-4,7H,1-2,5-6,8H2,(H,15,16). The van der Waals surface area contributed by atoms with Gasteiger partial charge in [0.1, 0.15) is 0 Å². The van der Waals surface area contributed by atoms with Gasteiger partial charge in [-0.1, -0.05) is 24.4 Å². The second kappa shape index (κ2) is 4.21. The highest BCUT2D eigenvalue weighted by Gasteiger charge is 2.47. The molecule has 102 valence electrons. The molecule has 0 radical (unpaired) electrons. The molecule has 1 saturated carbocycles. The molecule has 2 aliphatic rings. The van der Waals surface area contributed by atoms with E-state index in [2.05, 4.69) is 5.32 Å². The van der Waals surface area contributed by atoms with Gasteiger partial charge in [0.2, 0.25) is 5.91 Å². The maximum absolute atomic E-state index is 12.5. The van der Waals surface area contributed by atoms with Gasteiger partial charge in [-0.05, 0) is 31.0 Å². The van der Waals surface area contributed by atoms with Gasteiger partial charge in [-0.25, -0.2) is 8.42 Å². The molecule has 1 aromatic carbocycles. The fourth-order valence-electron chi connectivity index (χ4n) is 3.06. The smallest absolute Gasteiger partial charge is 0.231 e. The molecule has 0 saturated heterocycles. The molecular formula is C13H14ClNO3S. The molecule has 0 bridgehead atoms. The zero-order valence-corrected chi connectivity index (χ0v) is 11.9. The van der Waals surface area contributed by atoms with Gasteiger partial charge in [0.15, 0.2) is 9.84 Å². The topological polar surface area (TPSA) is 63.2 Å². The van der Waals surface area contributed by atoms with Crippen molar-refractivity contribution in [2.24, 2.45) is 5.41 Å². The number of nitrogens with one attached hydrogen (secondary N) is 1. The lowest BCUT2D eigenvalue weighted by Crippen LogP contribution is -2.37. The molecule has 6 heteroatoms. The second-order valence-electron chi connectivity index (χ2n) is 5.34. The van der Waals surface area contributed by atoms with Crippen LogP contribution in [0.3, 0.4) is 0 Å². The highest BCUT2D eigenvalue weighted by molar-refractivity contribution is 7.91. The summed E-state index contributed by atoms with van der Waals surface area (Å²) in [5.41, 5.74) is -0.453. The van der Waals surface area contributed by atoms with Crippen LogP contribution in [0.25, 0.3) is 0 Å². The third kappa shape index (κ3) is 2.05. The quantitative estimate of drug-likeness (QED) is 0.801. The highest BCUT2D eigenvalue weighted by Crippen LogP contribution is 2.44. The van der Waals surface area contributed by atoms with Crippen molar-refractivity contribution in [1.82, 2.24) is 0 Å². The lowest BCUT2D eigenvalue weighted by Gasteiger charge is -2.23. The summed E-state index contributed by atoms with van der Waals surface area (Å²) < 4.78 is 25.0. The Morgan fingerprint density at radius 1 is 1.21 bits per heavy atom. The fourth-order valence-corrected chi connectivity index (χ4v) is 5.25. The van der Waals surface area contributed by atoms with Crippen molar-refractivity contribution in [1.29, 1.82) is 0 Å². The molecule has 1 fully saturated rings. The van der Waals surface area contributed by atoms with Crippen molar-refractivity contribution >= 4 is 33.0 Å². The van der Waals surface area contributed by atoms with Crippen LogP contribution in [0.2, 0.25) is 5.02 Å². The molecule has 1 aliphatic carbocycles. The van der Waals surface area contributed by atoms with E-state index in [1.807, 2.05) is 0 Å². The Labute approximate surface area is 117 Å². The molecule has 4 nitrogen and oxygen atoms in total. The summed E-state index contributed by atoms with van der Waals surface area (Å²) >= 11 is 5.88. The zero-order valence-electron chi connectivity index (χ0n) is 10.3. The first kappa shape index (κ1) is 12.9. The Balaban J connectivity index is 2.16. The average molecular weight is 300 g/mol. The molecule has 0 unspecified atom stereocenters. The van der Waals surface area contributed by atoms with E-state index in [1.165, 1.54) is 18.2 Å². The predicted molar refractivity (Wildman–Crippen MR) is 73.0 cm³/mol. The number of hydrogen-bond acceptors (Lipinski definition) is 3. The SMILES string of the molecule is O=C1Nc2cc(Cl)ccc2S(=O)(=O)CC12CCCC2. The van der Waals surface area contributed by atoms with Crippen molar-refractivity contribution in [2.45, 2.75) is 30.6 Å². The van der Waals surface area contributed by atoms with Crippen LogP contribution in [0.4, 0.5) is 5.69 Å². The lowest BCUT2D eigenvalue weighted by molar-refractivity contribution is -0.124. The molecule has 1 aromatic rings. The van der Waals surface area contributed by atoms with E-state index in [0.717, 1.165) is 12.8 Å². The molecule has 1 N–H and O–H groups in total. The third-order valence-corrected chi connectivity index (χ3v) is 6.23. The first-order valence-corrected chi connectivity index (χ1v) is 8.30. The van der Waals surface area contributed by atoms with Crippen LogP contribution in [0.5, 0.6) is 0 Å². The number of carbonyl (C=O) groups excluding carboxylic acids is 1. The molecule has 1 spiro atoms. The van der Waals surface area contributed by atoms with E-state index in [1.54, 1.807) is 0 Å². The third-order valence-electron chi connectivity index (χ3n) is 4.03. The molecular weight excluding hydrogens is 286 g/mol. The van der Waals surface area contributed by atoms with E-state index < -0.39 is 15.3 Å². The summed E-state index contributed by atoms with van der Waals surface area (Å²) in [4.78, 5) is 12.6. The number of benzene rings is 1. The van der Waals surface area contributed by atoms with Crippen LogP contribution in [-0.2, 0) is 14.6 Å². The normalized spacial score (nSPS) is 23.7. The molecule has 3 rings (SSSR count). The molecule has 1 heterocycles. The molecule has 0 atom stereocenters. The van der Waals surface area contributed by atoms with E-state index in [9.17, 15) is 13.2 Å². The van der Waals surface area contributed by atoms with E-state index in [0.29, 0.717) is 23.6 Å². The minimum absolute atomic E-state index is 0.0968. The number of hydrogen-bond donors (Lipinski definition) is 1. The Kier molecular flexibility index (Phi) is 2.87. The van der Waals surface area contributed by atoms with Gasteiger partial charge in [0.25, 0.3) is 0 Å². The summed E-state index contributed by atoms with van der Waals surface area (Å²) in [6.07, 6.45) is 3.08. The number of amides is 1. The number of fused-ring (bicyclic) bond motifs is 1. The van der Waals surface area contributed by atoms with Crippen LogP contribution >= 0.6 is 11.6 Å². The fraction of sp³-hybridized carbons (Fsp3) is 0.462. The van der Waals surface area contributed by atoms with Gasteiger partial charge in [-0.3, -0.25) is 4.79 Å². The van der Waals surface area contributed by atoms with E-state index >= 15 is 0 Å². The van der Waals surface area contributed by atoms with Gasteiger partial charge in [0.05, 0.1) is 21.8 Å². The van der Waals surface area contributed by atoms with Gasteiger partial charge in [-0.2, -0.15) is 0 Å². The molecule has 19 heavy (non-hydrogen) atoms. The van der Waals surface area contributed by atoms with Crippen LogP contribution in [-0.4, -0.2) is 20.1 Å².